The first-order chi connectivity index (χ1) is 15.6. The van der Waals surface area contributed by atoms with Gasteiger partial charge < -0.3 is 5.32 Å². The first-order valence-corrected chi connectivity index (χ1v) is 12.7. The third kappa shape index (κ3) is 6.36. The van der Waals surface area contributed by atoms with Crippen LogP contribution >= 0.6 is 11.6 Å². The lowest BCUT2D eigenvalue weighted by Gasteiger charge is -2.21. The second-order valence-electron chi connectivity index (χ2n) is 8.64. The molecule has 3 aromatic carbocycles. The molecular weight excluding hydrogens is 456 g/mol. The van der Waals surface area contributed by atoms with E-state index in [2.05, 4.69) is 23.9 Å². The van der Waals surface area contributed by atoms with Gasteiger partial charge in [-0.1, -0.05) is 67.9 Å². The molecule has 0 radical (unpaired) electrons. The summed E-state index contributed by atoms with van der Waals surface area (Å²) < 4.78 is 28.8. The summed E-state index contributed by atoms with van der Waals surface area (Å²) in [5.74, 6) is 0.00258. The molecule has 5 nitrogen and oxygen atoms in total. The summed E-state index contributed by atoms with van der Waals surface area (Å²) in [6.07, 6.45) is 0.753. The molecule has 2 N–H and O–H groups in total. The van der Waals surface area contributed by atoms with Crippen LogP contribution in [0.4, 0.5) is 5.69 Å². The summed E-state index contributed by atoms with van der Waals surface area (Å²) in [4.78, 5) is 12.9. The number of carbonyl (C=O) groups is 1. The minimum Gasteiger partial charge on any atom is -0.345 e. The highest BCUT2D eigenvalue weighted by atomic mass is 35.5. The quantitative estimate of drug-likeness (QED) is 0.395. The van der Waals surface area contributed by atoms with Crippen molar-refractivity contribution < 1.29 is 13.2 Å². The monoisotopic (exact) mass is 484 g/mol. The summed E-state index contributed by atoms with van der Waals surface area (Å²) >= 11 is 6.24. The van der Waals surface area contributed by atoms with Crippen LogP contribution in [0.2, 0.25) is 5.02 Å². The van der Waals surface area contributed by atoms with Crippen molar-refractivity contribution in [3.05, 3.63) is 94.0 Å². The van der Waals surface area contributed by atoms with Crippen molar-refractivity contribution in [1.29, 1.82) is 0 Å². The molecule has 1 amide bonds. The molecule has 174 valence electrons. The van der Waals surface area contributed by atoms with Gasteiger partial charge in [-0.2, -0.15) is 0 Å². The van der Waals surface area contributed by atoms with E-state index in [1.54, 1.807) is 6.07 Å². The first-order valence-electron chi connectivity index (χ1n) is 10.8. The van der Waals surface area contributed by atoms with E-state index in [9.17, 15) is 13.2 Å². The van der Waals surface area contributed by atoms with Crippen LogP contribution in [-0.2, 0) is 10.0 Å². The number of amides is 1. The molecule has 1 unspecified atom stereocenters. The SMILES string of the molecule is Cc1ccc(C)c(NS(=O)(=O)c2cc(C(=O)NC(CC(C)C)c3ccccc3)ccc2Cl)c1. The summed E-state index contributed by atoms with van der Waals surface area (Å²) in [6.45, 7) is 7.89. The van der Waals surface area contributed by atoms with Crippen molar-refractivity contribution >= 4 is 33.2 Å². The molecule has 0 aliphatic rings. The van der Waals surface area contributed by atoms with Crippen LogP contribution in [0.3, 0.4) is 0 Å². The molecule has 0 heterocycles. The van der Waals surface area contributed by atoms with Crippen LogP contribution < -0.4 is 10.0 Å². The van der Waals surface area contributed by atoms with Gasteiger partial charge in [-0.3, -0.25) is 9.52 Å². The molecule has 0 aliphatic heterocycles. The van der Waals surface area contributed by atoms with Gasteiger partial charge in [0, 0.05) is 5.56 Å². The number of carbonyl (C=O) groups excluding carboxylic acids is 1. The van der Waals surface area contributed by atoms with Gasteiger partial charge in [0.1, 0.15) is 4.90 Å². The average molecular weight is 485 g/mol. The van der Waals surface area contributed by atoms with E-state index in [4.69, 9.17) is 11.6 Å². The van der Waals surface area contributed by atoms with Gasteiger partial charge in [0.25, 0.3) is 15.9 Å². The predicted octanol–water partition coefficient (Wildman–Crippen LogP) is 6.27. The van der Waals surface area contributed by atoms with E-state index in [0.717, 1.165) is 23.1 Å². The summed E-state index contributed by atoms with van der Waals surface area (Å²) in [7, 11) is -4.00. The Hall–Kier alpha value is -2.83. The number of hydrogen-bond acceptors (Lipinski definition) is 3. The van der Waals surface area contributed by atoms with Gasteiger partial charge in [0.15, 0.2) is 0 Å². The molecular formula is C26H29ClN2O3S. The molecule has 0 saturated carbocycles. The molecule has 0 bridgehead atoms. The Morgan fingerprint density at radius 1 is 0.970 bits per heavy atom. The Kier molecular flexibility index (Phi) is 7.82. The van der Waals surface area contributed by atoms with Gasteiger partial charge >= 0.3 is 0 Å². The number of nitrogens with one attached hydrogen (secondary N) is 2. The fourth-order valence-electron chi connectivity index (χ4n) is 3.57. The van der Waals surface area contributed by atoms with Gasteiger partial charge in [0.05, 0.1) is 16.8 Å². The van der Waals surface area contributed by atoms with Crippen molar-refractivity contribution in [1.82, 2.24) is 5.32 Å². The lowest BCUT2D eigenvalue weighted by Crippen LogP contribution is -2.29. The topological polar surface area (TPSA) is 75.3 Å². The lowest BCUT2D eigenvalue weighted by molar-refractivity contribution is 0.0931. The van der Waals surface area contributed by atoms with Crippen LogP contribution in [0.1, 0.15) is 53.4 Å². The number of hydrogen-bond donors (Lipinski definition) is 2. The number of benzene rings is 3. The summed E-state index contributed by atoms with van der Waals surface area (Å²) in [5.41, 5.74) is 3.41. The van der Waals surface area contributed by atoms with E-state index in [1.807, 2.05) is 56.3 Å². The van der Waals surface area contributed by atoms with Gasteiger partial charge in [0.2, 0.25) is 0 Å². The molecule has 0 aliphatic carbocycles. The fourth-order valence-corrected chi connectivity index (χ4v) is 5.22. The van der Waals surface area contributed by atoms with Gasteiger partial charge in [-0.05, 0) is 67.1 Å². The van der Waals surface area contributed by atoms with Crippen LogP contribution in [0.15, 0.2) is 71.6 Å². The van der Waals surface area contributed by atoms with Gasteiger partial charge in [-0.25, -0.2) is 8.42 Å². The van der Waals surface area contributed by atoms with Crippen LogP contribution in [0.25, 0.3) is 0 Å². The zero-order valence-corrected chi connectivity index (χ0v) is 20.8. The maximum atomic E-state index is 13.1. The summed E-state index contributed by atoms with van der Waals surface area (Å²) in [5, 5.41) is 3.10. The van der Waals surface area contributed by atoms with Crippen LogP contribution in [0, 0.1) is 19.8 Å². The number of halogens is 1. The zero-order chi connectivity index (χ0) is 24.2. The highest BCUT2D eigenvalue weighted by Gasteiger charge is 2.23. The van der Waals surface area contributed by atoms with Gasteiger partial charge in [-0.15, -0.1) is 0 Å². The van der Waals surface area contributed by atoms with Crippen molar-refractivity contribution in [2.45, 2.75) is 45.1 Å². The zero-order valence-electron chi connectivity index (χ0n) is 19.2. The minimum absolute atomic E-state index is 0.0474. The third-order valence-corrected chi connectivity index (χ3v) is 7.18. The first kappa shape index (κ1) is 24.8. The lowest BCUT2D eigenvalue weighted by atomic mass is 9.96. The molecule has 3 rings (SSSR count). The second-order valence-corrected chi connectivity index (χ2v) is 10.7. The van der Waals surface area contributed by atoms with E-state index in [0.29, 0.717) is 11.6 Å². The Morgan fingerprint density at radius 2 is 1.67 bits per heavy atom. The molecule has 33 heavy (non-hydrogen) atoms. The Bertz CT molecular complexity index is 1240. The molecule has 1 atom stereocenters. The average Bonchev–Trinajstić information content (AvgIpc) is 2.76. The third-order valence-electron chi connectivity index (χ3n) is 5.33. The van der Waals surface area contributed by atoms with E-state index < -0.39 is 10.0 Å². The molecule has 0 fully saturated rings. The fraction of sp³-hybridized carbons (Fsp3) is 0.269. The van der Waals surface area contributed by atoms with Crippen molar-refractivity contribution in [3.8, 4) is 0 Å². The smallest absolute Gasteiger partial charge is 0.263 e. The number of aryl methyl sites for hydroxylation is 2. The Morgan fingerprint density at radius 3 is 2.33 bits per heavy atom. The standard InChI is InChI=1S/C26H29ClN2O3S/c1-17(2)14-24(20-8-6-5-7-9-20)28-26(30)21-12-13-22(27)25(16-21)33(31,32)29-23-15-18(3)10-11-19(23)4/h5-13,15-17,24,29H,14H2,1-4H3,(H,28,30). The number of anilines is 1. The minimum atomic E-state index is -4.00. The number of sulfonamides is 1. The van der Waals surface area contributed by atoms with E-state index >= 15 is 0 Å². The number of rotatable bonds is 8. The molecule has 7 heteroatoms. The normalized spacial score (nSPS) is 12.4. The maximum Gasteiger partial charge on any atom is 0.263 e. The second kappa shape index (κ2) is 10.4. The largest absolute Gasteiger partial charge is 0.345 e. The van der Waals surface area contributed by atoms with Crippen LogP contribution in [-0.4, -0.2) is 14.3 Å². The Labute approximate surface area is 201 Å². The van der Waals surface area contributed by atoms with E-state index in [1.165, 1.54) is 18.2 Å². The molecule has 0 aromatic heterocycles. The summed E-state index contributed by atoms with van der Waals surface area (Å²) in [6, 6.07) is 19.3. The predicted molar refractivity (Wildman–Crippen MR) is 134 cm³/mol. The van der Waals surface area contributed by atoms with Crippen LogP contribution in [0.5, 0.6) is 0 Å². The van der Waals surface area contributed by atoms with Crippen molar-refractivity contribution in [3.63, 3.8) is 0 Å². The molecule has 0 saturated heterocycles. The Balaban J connectivity index is 1.89. The van der Waals surface area contributed by atoms with Crippen molar-refractivity contribution in [2.24, 2.45) is 5.92 Å². The highest BCUT2D eigenvalue weighted by molar-refractivity contribution is 7.92. The highest BCUT2D eigenvalue weighted by Crippen LogP contribution is 2.28. The van der Waals surface area contributed by atoms with E-state index in [-0.39, 0.29) is 27.4 Å². The molecule has 0 spiro atoms. The van der Waals surface area contributed by atoms with Crippen molar-refractivity contribution in [2.75, 3.05) is 4.72 Å². The maximum absolute atomic E-state index is 13.1. The molecule has 3 aromatic rings.